The predicted octanol–water partition coefficient (Wildman–Crippen LogP) is 5.85. The highest BCUT2D eigenvalue weighted by molar-refractivity contribution is 6.21. The molecule has 3 N–H and O–H groups in total. The summed E-state index contributed by atoms with van der Waals surface area (Å²) in [6, 6.07) is -10.6. The van der Waals surface area contributed by atoms with Crippen molar-refractivity contribution in [3.05, 3.63) is 0 Å². The molecular weight excluding hydrogens is 1320 g/mol. The van der Waals surface area contributed by atoms with Crippen LogP contribution < -0.4 is 16.0 Å². The van der Waals surface area contributed by atoms with E-state index in [-0.39, 0.29) is 107 Å². The van der Waals surface area contributed by atoms with Gasteiger partial charge in [-0.15, -0.1) is 11.6 Å². The second-order valence-corrected chi connectivity index (χ2v) is 31.7. The van der Waals surface area contributed by atoms with Gasteiger partial charge in [0.15, 0.2) is 0 Å². The zero-order valence-electron chi connectivity index (χ0n) is 61.1. The smallest absolute Gasteiger partial charge is 0.343 e. The predicted molar refractivity (Wildman–Crippen MR) is 368 cm³/mol. The Bertz CT molecular complexity index is 2980. The van der Waals surface area contributed by atoms with Crippen LogP contribution in [-0.4, -0.2) is 261 Å². The van der Waals surface area contributed by atoms with E-state index in [2.05, 4.69) is 16.0 Å². The Morgan fingerprint density at radius 3 is 1.82 bits per heavy atom. The highest BCUT2D eigenvalue weighted by atomic mass is 35.5. The second kappa shape index (κ2) is 34.3. The normalized spacial score (nSPS) is 31.7. The quantitative estimate of drug-likeness (QED) is 0.206. The third-order valence-electron chi connectivity index (χ3n) is 24.0. The molecule has 0 aromatic carbocycles. The summed E-state index contributed by atoms with van der Waals surface area (Å²) in [5.74, 6) is -10.3. The molecule has 4 aliphatic heterocycles. The van der Waals surface area contributed by atoms with Gasteiger partial charge in [-0.3, -0.25) is 57.5 Å². The molecule has 0 aromatic heterocycles. The van der Waals surface area contributed by atoms with Crippen molar-refractivity contribution < 1.29 is 70.7 Å². The Morgan fingerprint density at radius 2 is 1.24 bits per heavy atom. The Kier molecular flexibility index (Phi) is 27.3. The van der Waals surface area contributed by atoms with Crippen LogP contribution in [0.2, 0.25) is 0 Å². The largest absolute Gasteiger partial charge is 0.393 e. The number of alkyl halides is 4. The molecule has 13 atom stereocenters. The van der Waals surface area contributed by atoms with Crippen molar-refractivity contribution >= 4 is 82.5 Å². The van der Waals surface area contributed by atoms with Gasteiger partial charge in [-0.25, -0.2) is 0 Å². The topological polar surface area (TPSA) is 270 Å². The standard InChI is InChI=1S/C72H114ClF3N12O12/c1-12-44(4)59-68(98)81(7)45(5)63(93)88-37-31-53(88)66(96)83(9)55(40-46-22-14-13-15-23-46)65(95)80(6)42-57(89)77-51(30-28-47-27-29-49(50(73)39-47)72(74,75)76)64(94)87-36-20-26-52(87)62(92)79-71(32-18-19-33-71)70(100)85(11)60(48-24-16-17-25-48)69(99)84(10)56(67(97)86-34-21-35-86)41-58(90)82(8)54(38-43(2)3)61(91)78-59/h43-56,59-60H,12-42H2,1-11H3,(H,77,89)(H,78,91)(H,79,92)/t44-,45-,47?,49?,50?,51-,52-,53-,54-,55-,56-,59-,60-/m0/s1. The molecule has 4 heterocycles. The van der Waals surface area contributed by atoms with Crippen LogP contribution in [0.3, 0.4) is 0 Å². The van der Waals surface area contributed by atoms with E-state index in [1.54, 1.807) is 11.8 Å². The van der Waals surface area contributed by atoms with Crippen molar-refractivity contribution in [2.45, 2.75) is 273 Å². The van der Waals surface area contributed by atoms with Gasteiger partial charge >= 0.3 is 6.18 Å². The number of carbonyl (C=O) groups is 12. The minimum atomic E-state index is -4.50. The maximum atomic E-state index is 15.6. The van der Waals surface area contributed by atoms with E-state index in [9.17, 15) is 46.7 Å². The molecule has 3 unspecified atom stereocenters. The fraction of sp³-hybridized carbons (Fsp3) is 0.833. The molecule has 12 amide bonds. The summed E-state index contributed by atoms with van der Waals surface area (Å²) in [5.41, 5.74) is -1.54. The second-order valence-electron chi connectivity index (χ2n) is 31.1. The zero-order valence-corrected chi connectivity index (χ0v) is 61.8. The van der Waals surface area contributed by atoms with Crippen molar-refractivity contribution in [3.63, 3.8) is 0 Å². The van der Waals surface area contributed by atoms with Crippen LogP contribution in [0.5, 0.6) is 0 Å². The average Bonchev–Trinajstić information content (AvgIpc) is 1.37. The van der Waals surface area contributed by atoms with Crippen LogP contribution in [0, 0.1) is 35.5 Å². The first-order chi connectivity index (χ1) is 47.2. The van der Waals surface area contributed by atoms with Gasteiger partial charge in [-0.05, 0) is 133 Å². The molecule has 0 aromatic rings. The molecule has 4 saturated heterocycles. The molecular formula is C72H114ClF3N12O12. The molecule has 8 rings (SSSR count). The van der Waals surface area contributed by atoms with E-state index >= 15 is 24.0 Å². The molecule has 4 saturated carbocycles. The third-order valence-corrected chi connectivity index (χ3v) is 24.5. The van der Waals surface area contributed by atoms with Gasteiger partial charge in [-0.1, -0.05) is 91.9 Å². The molecule has 0 bridgehead atoms. The van der Waals surface area contributed by atoms with E-state index in [1.807, 2.05) is 20.8 Å². The first kappa shape index (κ1) is 79.4. The minimum Gasteiger partial charge on any atom is -0.343 e. The third kappa shape index (κ3) is 18.2. The lowest BCUT2D eigenvalue weighted by Crippen LogP contribution is -2.65. The molecule has 100 heavy (non-hydrogen) atoms. The van der Waals surface area contributed by atoms with Gasteiger partial charge in [0, 0.05) is 73.8 Å². The summed E-state index contributed by atoms with van der Waals surface area (Å²) in [6.07, 6.45) is 5.84. The lowest BCUT2D eigenvalue weighted by molar-refractivity contribution is -0.182. The Hall–Kier alpha value is -6.28. The molecule has 562 valence electrons. The van der Waals surface area contributed by atoms with Crippen LogP contribution >= 0.6 is 11.6 Å². The number of hydrogen-bond acceptors (Lipinski definition) is 12. The summed E-state index contributed by atoms with van der Waals surface area (Å²) < 4.78 is 42.1. The van der Waals surface area contributed by atoms with Gasteiger partial charge in [0.05, 0.1) is 18.9 Å². The molecule has 24 nitrogen and oxygen atoms in total. The number of likely N-dealkylation sites (tertiary alicyclic amines) is 1. The van der Waals surface area contributed by atoms with Crippen molar-refractivity contribution in [2.24, 2.45) is 35.5 Å². The van der Waals surface area contributed by atoms with Gasteiger partial charge in [-0.2, -0.15) is 13.2 Å². The number of amides is 12. The van der Waals surface area contributed by atoms with Crippen LogP contribution in [0.15, 0.2) is 0 Å². The summed E-state index contributed by atoms with van der Waals surface area (Å²) in [6.45, 7) is 9.35. The summed E-state index contributed by atoms with van der Waals surface area (Å²) in [5, 5.41) is 7.67. The van der Waals surface area contributed by atoms with Crippen molar-refractivity contribution in [1.29, 1.82) is 0 Å². The fourth-order valence-electron chi connectivity index (χ4n) is 17.0. The summed E-state index contributed by atoms with van der Waals surface area (Å²) >= 11 is 6.41. The first-order valence-corrected chi connectivity index (χ1v) is 37.7. The minimum absolute atomic E-state index is 0.00495. The summed E-state index contributed by atoms with van der Waals surface area (Å²) in [7, 11) is 8.78. The van der Waals surface area contributed by atoms with E-state index < -0.39 is 167 Å². The zero-order chi connectivity index (χ0) is 73.4. The maximum absolute atomic E-state index is 15.6. The van der Waals surface area contributed by atoms with Crippen LogP contribution in [-0.2, 0) is 57.5 Å². The van der Waals surface area contributed by atoms with Crippen LogP contribution in [0.4, 0.5) is 13.2 Å². The molecule has 8 aliphatic rings. The number of nitrogens with one attached hydrogen (secondary N) is 3. The molecule has 0 radical (unpaired) electrons. The number of hydrogen-bond donors (Lipinski definition) is 3. The van der Waals surface area contributed by atoms with Gasteiger partial charge < -0.3 is 60.0 Å². The summed E-state index contributed by atoms with van der Waals surface area (Å²) in [4.78, 5) is 192. The SMILES string of the molecule is CC[C@H](C)[C@@H]1NC(=O)[C@H](CC(C)C)N(C)C(=O)C[C@@H](C(=O)N2CCC2)N(C)C(=O)[C@H](C2CCCC2)N(C)C(=O)C2(CCCC2)NC(=O)[C@@H]2CCCN2C(=O)[C@H](CCC2CCC(C(F)(F)F)C(Cl)C2)NC(=O)CN(C)C(=O)[C@H](CC2CCCCC2)N(C)C(=O)[C@@H]2CCN2C(=O)[C@H](C)N(C)C1=O. The number of rotatable bonds is 11. The van der Waals surface area contributed by atoms with Crippen molar-refractivity contribution in [2.75, 3.05) is 75.0 Å². The number of likely N-dealkylation sites (N-methyl/N-ethyl adjacent to an activating group) is 6. The molecule has 28 heteroatoms. The Labute approximate surface area is 594 Å². The van der Waals surface area contributed by atoms with E-state index in [0.29, 0.717) is 58.0 Å². The lowest BCUT2D eigenvalue weighted by Gasteiger charge is -2.45. The van der Waals surface area contributed by atoms with Crippen LogP contribution in [0.1, 0.15) is 202 Å². The number of nitrogens with zero attached hydrogens (tertiary/aromatic N) is 9. The van der Waals surface area contributed by atoms with Crippen molar-refractivity contribution in [1.82, 2.24) is 60.0 Å². The van der Waals surface area contributed by atoms with E-state index in [1.165, 1.54) is 88.4 Å². The number of fused-ring (bicyclic) bond motifs is 2. The highest BCUT2D eigenvalue weighted by Crippen LogP contribution is 2.44. The fourth-order valence-corrected chi connectivity index (χ4v) is 17.5. The van der Waals surface area contributed by atoms with Gasteiger partial charge in [0.2, 0.25) is 70.9 Å². The number of halogens is 4. The van der Waals surface area contributed by atoms with Gasteiger partial charge in [0.1, 0.15) is 59.9 Å². The van der Waals surface area contributed by atoms with E-state index in [4.69, 9.17) is 11.6 Å². The highest BCUT2D eigenvalue weighted by Gasteiger charge is 2.53. The Balaban J connectivity index is 1.16. The number of carbonyl (C=O) groups excluding carboxylic acids is 12. The first-order valence-electron chi connectivity index (χ1n) is 37.3. The van der Waals surface area contributed by atoms with Crippen molar-refractivity contribution in [3.8, 4) is 0 Å². The molecule has 4 aliphatic carbocycles. The average molecular weight is 1430 g/mol. The monoisotopic (exact) mass is 1430 g/mol. The van der Waals surface area contributed by atoms with Crippen LogP contribution in [0.25, 0.3) is 0 Å². The Morgan fingerprint density at radius 1 is 0.600 bits per heavy atom. The molecule has 1 spiro atoms. The van der Waals surface area contributed by atoms with E-state index in [0.717, 1.165) is 44.9 Å². The maximum Gasteiger partial charge on any atom is 0.393 e. The molecule has 8 fully saturated rings. The lowest BCUT2D eigenvalue weighted by atomic mass is 9.78. The van der Waals surface area contributed by atoms with Gasteiger partial charge in [0.25, 0.3) is 0 Å².